The molecule has 1 unspecified atom stereocenters. The third-order valence-corrected chi connectivity index (χ3v) is 6.03. The van der Waals surface area contributed by atoms with Crippen molar-refractivity contribution in [1.29, 1.82) is 0 Å². The monoisotopic (exact) mass is 440 g/mol. The second-order valence-corrected chi connectivity index (χ2v) is 8.28. The maximum atomic E-state index is 13.5. The molecule has 4 rings (SSSR count). The van der Waals surface area contributed by atoms with E-state index in [9.17, 15) is 22.8 Å². The summed E-state index contributed by atoms with van der Waals surface area (Å²) in [5.74, 6) is -4.59. The van der Waals surface area contributed by atoms with Crippen LogP contribution in [0.3, 0.4) is 0 Å². The Hall–Kier alpha value is -2.55. The van der Waals surface area contributed by atoms with Crippen molar-refractivity contribution >= 4 is 23.4 Å². The van der Waals surface area contributed by atoms with Crippen LogP contribution < -0.4 is 5.73 Å². The average Bonchev–Trinajstić information content (AvgIpc) is 3.22. The summed E-state index contributed by atoms with van der Waals surface area (Å²) >= 11 is 5.86. The Kier molecular flexibility index (Phi) is 5.25. The number of primary amides is 1. The first-order valence-electron chi connectivity index (χ1n) is 9.65. The highest BCUT2D eigenvalue weighted by Gasteiger charge is 2.41. The van der Waals surface area contributed by atoms with Gasteiger partial charge >= 0.3 is 0 Å². The Balaban J connectivity index is 1.58. The van der Waals surface area contributed by atoms with Gasteiger partial charge < -0.3 is 10.6 Å². The molecule has 1 aromatic carbocycles. The lowest BCUT2D eigenvalue weighted by atomic mass is 10.0. The van der Waals surface area contributed by atoms with E-state index in [0.717, 1.165) is 0 Å². The Morgan fingerprint density at radius 2 is 2.07 bits per heavy atom. The fraction of sp³-hybridized carbons (Fsp3) is 0.450. The van der Waals surface area contributed by atoms with Gasteiger partial charge in [0.1, 0.15) is 11.5 Å². The number of hydrogen-bond acceptors (Lipinski definition) is 3. The molecule has 1 aliphatic carbocycles. The standard InChI is InChI=1S/C20H20ClF3N4O2/c21-13-8-12(1-2-14(13)22)18-17(19(25)30)15-10-27(5-6-28(15)26-18)16(29)7-11-3-4-20(23,24)9-11/h1-2,8,11H,3-7,9-10H2,(H2,25,30). The van der Waals surface area contributed by atoms with Crippen LogP contribution in [0.1, 0.15) is 41.7 Å². The van der Waals surface area contributed by atoms with Crippen LogP contribution in [0.15, 0.2) is 18.2 Å². The van der Waals surface area contributed by atoms with Crippen molar-refractivity contribution in [1.82, 2.24) is 14.7 Å². The van der Waals surface area contributed by atoms with Crippen LogP contribution in [0, 0.1) is 11.7 Å². The molecule has 1 saturated carbocycles. The SMILES string of the molecule is NC(=O)c1c(-c2ccc(F)c(Cl)c2)nn2c1CN(C(=O)CC1CCC(F)(F)C1)CC2. The van der Waals surface area contributed by atoms with Crippen LogP contribution in [-0.4, -0.2) is 39.0 Å². The number of hydrogen-bond donors (Lipinski definition) is 1. The zero-order chi connectivity index (χ0) is 21.6. The van der Waals surface area contributed by atoms with Crippen LogP contribution in [0.2, 0.25) is 5.02 Å². The molecular formula is C20H20ClF3N4O2. The summed E-state index contributed by atoms with van der Waals surface area (Å²) in [7, 11) is 0. The number of halogens is 4. The number of aromatic nitrogens is 2. The summed E-state index contributed by atoms with van der Waals surface area (Å²) in [6.45, 7) is 0.775. The van der Waals surface area contributed by atoms with Gasteiger partial charge in [-0.2, -0.15) is 5.10 Å². The minimum Gasteiger partial charge on any atom is -0.365 e. The molecule has 2 heterocycles. The smallest absolute Gasteiger partial charge is 0.252 e. The molecule has 1 aromatic heterocycles. The molecular weight excluding hydrogens is 421 g/mol. The number of benzene rings is 1. The molecule has 1 atom stereocenters. The molecule has 160 valence electrons. The normalized spacial score (nSPS) is 20.3. The maximum Gasteiger partial charge on any atom is 0.252 e. The topological polar surface area (TPSA) is 81.2 Å². The molecule has 1 fully saturated rings. The van der Waals surface area contributed by atoms with Gasteiger partial charge in [0.2, 0.25) is 11.8 Å². The van der Waals surface area contributed by atoms with E-state index >= 15 is 0 Å². The first-order chi connectivity index (χ1) is 14.1. The van der Waals surface area contributed by atoms with Gasteiger partial charge in [0.15, 0.2) is 0 Å². The highest BCUT2D eigenvalue weighted by Crippen LogP contribution is 2.40. The zero-order valence-corrected chi connectivity index (χ0v) is 16.8. The van der Waals surface area contributed by atoms with Crippen LogP contribution in [-0.2, 0) is 17.9 Å². The van der Waals surface area contributed by atoms with Crippen molar-refractivity contribution in [3.63, 3.8) is 0 Å². The summed E-state index contributed by atoms with van der Waals surface area (Å²) in [6, 6.07) is 3.99. The molecule has 0 bridgehead atoms. The van der Waals surface area contributed by atoms with E-state index in [0.29, 0.717) is 30.8 Å². The summed E-state index contributed by atoms with van der Waals surface area (Å²) in [4.78, 5) is 26.4. The average molecular weight is 441 g/mol. The second-order valence-electron chi connectivity index (χ2n) is 7.87. The number of fused-ring (bicyclic) bond motifs is 1. The summed E-state index contributed by atoms with van der Waals surface area (Å²) in [5, 5.41) is 4.31. The highest BCUT2D eigenvalue weighted by atomic mass is 35.5. The van der Waals surface area contributed by atoms with Crippen molar-refractivity contribution in [2.75, 3.05) is 6.54 Å². The van der Waals surface area contributed by atoms with Crippen LogP contribution in [0.4, 0.5) is 13.2 Å². The molecule has 0 radical (unpaired) electrons. The summed E-state index contributed by atoms with van der Waals surface area (Å²) < 4.78 is 42.0. The molecule has 2 amide bonds. The second kappa shape index (κ2) is 7.61. The molecule has 2 N–H and O–H groups in total. The minimum atomic E-state index is -2.70. The van der Waals surface area contributed by atoms with Crippen molar-refractivity contribution in [2.45, 2.75) is 44.7 Å². The van der Waals surface area contributed by atoms with Gasteiger partial charge in [0, 0.05) is 31.4 Å². The largest absolute Gasteiger partial charge is 0.365 e. The fourth-order valence-corrected chi connectivity index (χ4v) is 4.41. The Bertz CT molecular complexity index is 1020. The van der Waals surface area contributed by atoms with Crippen molar-refractivity contribution < 1.29 is 22.8 Å². The number of rotatable bonds is 4. The lowest BCUT2D eigenvalue weighted by molar-refractivity contribution is -0.133. The Labute approximate surface area is 175 Å². The highest BCUT2D eigenvalue weighted by molar-refractivity contribution is 6.31. The fourth-order valence-electron chi connectivity index (χ4n) is 4.23. The van der Waals surface area contributed by atoms with E-state index in [1.807, 2.05) is 0 Å². The number of carbonyl (C=O) groups excluding carboxylic acids is 2. The van der Waals surface area contributed by atoms with Gasteiger partial charge in [-0.1, -0.05) is 11.6 Å². The lowest BCUT2D eigenvalue weighted by Crippen LogP contribution is -2.39. The Morgan fingerprint density at radius 3 is 2.70 bits per heavy atom. The summed E-state index contributed by atoms with van der Waals surface area (Å²) in [6.07, 6.45) is -0.0811. The molecule has 30 heavy (non-hydrogen) atoms. The molecule has 6 nitrogen and oxygen atoms in total. The molecule has 1 aliphatic heterocycles. The van der Waals surface area contributed by atoms with Crippen LogP contribution >= 0.6 is 11.6 Å². The molecule has 10 heteroatoms. The Morgan fingerprint density at radius 1 is 1.30 bits per heavy atom. The number of nitrogens with zero attached hydrogens (tertiary/aromatic N) is 3. The van der Waals surface area contributed by atoms with Crippen molar-refractivity contribution in [3.8, 4) is 11.3 Å². The van der Waals surface area contributed by atoms with E-state index in [2.05, 4.69) is 5.10 Å². The van der Waals surface area contributed by atoms with Crippen molar-refractivity contribution in [3.05, 3.63) is 40.3 Å². The van der Waals surface area contributed by atoms with Gasteiger partial charge in [-0.3, -0.25) is 14.3 Å². The molecule has 2 aliphatic rings. The van der Waals surface area contributed by atoms with E-state index in [1.54, 1.807) is 9.58 Å². The van der Waals surface area contributed by atoms with Crippen LogP contribution in [0.5, 0.6) is 0 Å². The third kappa shape index (κ3) is 3.90. The third-order valence-electron chi connectivity index (χ3n) is 5.74. The van der Waals surface area contributed by atoms with Gasteiger partial charge in [-0.15, -0.1) is 0 Å². The minimum absolute atomic E-state index is 0.0516. The molecule has 2 aromatic rings. The summed E-state index contributed by atoms with van der Waals surface area (Å²) in [5.41, 5.74) is 6.90. The number of carbonyl (C=O) groups is 2. The van der Waals surface area contributed by atoms with Gasteiger partial charge in [-0.25, -0.2) is 13.2 Å². The number of nitrogens with two attached hydrogens (primary N) is 1. The zero-order valence-electron chi connectivity index (χ0n) is 16.0. The maximum absolute atomic E-state index is 13.5. The van der Waals surface area contributed by atoms with E-state index in [1.165, 1.54) is 18.2 Å². The number of amides is 2. The molecule has 0 spiro atoms. The number of alkyl halides is 2. The van der Waals surface area contributed by atoms with Gasteiger partial charge in [0.05, 0.1) is 29.4 Å². The first kappa shape index (κ1) is 20.7. The van der Waals surface area contributed by atoms with E-state index < -0.39 is 17.6 Å². The predicted octanol–water partition coefficient (Wildman–Crippen LogP) is 3.61. The van der Waals surface area contributed by atoms with Crippen LogP contribution in [0.25, 0.3) is 11.3 Å². The van der Waals surface area contributed by atoms with E-state index in [4.69, 9.17) is 17.3 Å². The van der Waals surface area contributed by atoms with Gasteiger partial charge in [-0.05, 0) is 30.5 Å². The van der Waals surface area contributed by atoms with Crippen molar-refractivity contribution in [2.24, 2.45) is 11.7 Å². The van der Waals surface area contributed by atoms with E-state index in [-0.39, 0.29) is 53.9 Å². The predicted molar refractivity (Wildman–Crippen MR) is 103 cm³/mol. The lowest BCUT2D eigenvalue weighted by Gasteiger charge is -2.29. The first-order valence-corrected chi connectivity index (χ1v) is 10.0. The quantitative estimate of drug-likeness (QED) is 0.788. The molecule has 0 saturated heterocycles. The van der Waals surface area contributed by atoms with Gasteiger partial charge in [0.25, 0.3) is 5.91 Å².